The molecule has 16 heavy (non-hydrogen) atoms. The molecule has 0 aliphatic carbocycles. The summed E-state index contributed by atoms with van der Waals surface area (Å²) < 4.78 is 5.12. The Kier molecular flexibility index (Phi) is 4.95. The van der Waals surface area contributed by atoms with Crippen molar-refractivity contribution in [2.45, 2.75) is 25.6 Å². The first-order valence-corrected chi connectivity index (χ1v) is 5.16. The number of carboxylic acid groups (broad SMARTS) is 1. The lowest BCUT2D eigenvalue weighted by molar-refractivity contribution is -0.151. The number of aliphatic hydroxyl groups excluding tert-OH is 1. The first-order chi connectivity index (χ1) is 7.59. The molecule has 0 radical (unpaired) electrons. The van der Waals surface area contributed by atoms with Crippen molar-refractivity contribution in [2.24, 2.45) is 0 Å². The van der Waals surface area contributed by atoms with E-state index >= 15 is 0 Å². The van der Waals surface area contributed by atoms with Gasteiger partial charge in [0.1, 0.15) is 0 Å². The second-order valence-corrected chi connectivity index (χ2v) is 3.70. The normalized spacial score (nSPS) is 14.4. The van der Waals surface area contributed by atoms with E-state index < -0.39 is 18.2 Å². The smallest absolute Gasteiger partial charge is 0.333 e. The van der Waals surface area contributed by atoms with E-state index in [-0.39, 0.29) is 6.61 Å². The van der Waals surface area contributed by atoms with E-state index in [1.807, 2.05) is 30.3 Å². The van der Waals surface area contributed by atoms with Crippen molar-refractivity contribution < 1.29 is 19.7 Å². The van der Waals surface area contributed by atoms with Crippen LogP contribution in [0.1, 0.15) is 12.5 Å². The number of carbonyl (C=O) groups is 1. The average Bonchev–Trinajstić information content (AvgIpc) is 2.25. The van der Waals surface area contributed by atoms with Crippen molar-refractivity contribution in [3.05, 3.63) is 35.9 Å². The van der Waals surface area contributed by atoms with Crippen LogP contribution in [0, 0.1) is 0 Å². The minimum atomic E-state index is -1.01. The number of ether oxygens (including phenoxy) is 1. The monoisotopic (exact) mass is 224 g/mol. The standard InChI is InChI=1S/C12H16O4/c1-9(13)8-16-11(12(14)15)7-10-5-3-2-4-6-10/h2-6,9,11,13H,7-8H2,1H3,(H,14,15)/t9?,11-/m0/s1. The van der Waals surface area contributed by atoms with Gasteiger partial charge in [0.25, 0.3) is 0 Å². The maximum absolute atomic E-state index is 10.9. The molecular weight excluding hydrogens is 208 g/mol. The van der Waals surface area contributed by atoms with E-state index in [1.54, 1.807) is 6.92 Å². The maximum Gasteiger partial charge on any atom is 0.333 e. The largest absolute Gasteiger partial charge is 0.479 e. The van der Waals surface area contributed by atoms with Gasteiger partial charge in [-0.15, -0.1) is 0 Å². The van der Waals surface area contributed by atoms with E-state index in [9.17, 15) is 4.79 Å². The molecule has 1 unspecified atom stereocenters. The SMILES string of the molecule is CC(O)CO[C@@H](Cc1ccccc1)C(=O)O. The van der Waals surface area contributed by atoms with Crippen LogP contribution in [0.4, 0.5) is 0 Å². The van der Waals surface area contributed by atoms with Crippen LogP contribution in [0.2, 0.25) is 0 Å². The van der Waals surface area contributed by atoms with Crippen molar-refractivity contribution in [3.63, 3.8) is 0 Å². The molecule has 0 bridgehead atoms. The molecule has 1 rings (SSSR count). The van der Waals surface area contributed by atoms with E-state index in [0.29, 0.717) is 6.42 Å². The molecule has 1 aromatic rings. The molecule has 0 aromatic heterocycles. The van der Waals surface area contributed by atoms with Gasteiger partial charge in [0.2, 0.25) is 0 Å². The number of aliphatic hydroxyl groups is 1. The van der Waals surface area contributed by atoms with Gasteiger partial charge in [0, 0.05) is 6.42 Å². The molecule has 2 N–H and O–H groups in total. The lowest BCUT2D eigenvalue weighted by Crippen LogP contribution is -2.29. The Balaban J connectivity index is 2.55. The van der Waals surface area contributed by atoms with Crippen LogP contribution in [0.3, 0.4) is 0 Å². The van der Waals surface area contributed by atoms with Gasteiger partial charge in [-0.25, -0.2) is 4.79 Å². The minimum Gasteiger partial charge on any atom is -0.479 e. The van der Waals surface area contributed by atoms with Gasteiger partial charge in [0.05, 0.1) is 12.7 Å². The van der Waals surface area contributed by atoms with E-state index in [2.05, 4.69) is 0 Å². The molecule has 2 atom stereocenters. The third kappa shape index (κ3) is 4.42. The number of hydrogen-bond acceptors (Lipinski definition) is 3. The molecule has 0 saturated carbocycles. The molecule has 0 aliphatic rings. The summed E-state index contributed by atoms with van der Waals surface area (Å²) in [5.41, 5.74) is 0.903. The lowest BCUT2D eigenvalue weighted by Gasteiger charge is -2.14. The predicted octanol–water partition coefficient (Wildman–Crippen LogP) is 1.08. The quantitative estimate of drug-likeness (QED) is 0.758. The summed E-state index contributed by atoms with van der Waals surface area (Å²) >= 11 is 0. The summed E-state index contributed by atoms with van der Waals surface area (Å²) in [6.45, 7) is 1.59. The average molecular weight is 224 g/mol. The third-order valence-electron chi connectivity index (χ3n) is 2.08. The molecule has 0 amide bonds. The molecule has 0 spiro atoms. The molecule has 88 valence electrons. The molecule has 0 heterocycles. The highest BCUT2D eigenvalue weighted by molar-refractivity contribution is 5.72. The summed E-state index contributed by atoms with van der Waals surface area (Å²) in [5.74, 6) is -1.01. The zero-order valence-electron chi connectivity index (χ0n) is 9.17. The highest BCUT2D eigenvalue weighted by Gasteiger charge is 2.19. The van der Waals surface area contributed by atoms with Gasteiger partial charge < -0.3 is 14.9 Å². The second-order valence-electron chi connectivity index (χ2n) is 3.70. The highest BCUT2D eigenvalue weighted by atomic mass is 16.5. The van der Waals surface area contributed by atoms with Crippen molar-refractivity contribution in [1.82, 2.24) is 0 Å². The van der Waals surface area contributed by atoms with Crippen LogP contribution in [0.15, 0.2) is 30.3 Å². The van der Waals surface area contributed by atoms with Crippen LogP contribution < -0.4 is 0 Å². The van der Waals surface area contributed by atoms with Gasteiger partial charge in [-0.1, -0.05) is 30.3 Å². The first kappa shape index (κ1) is 12.7. The third-order valence-corrected chi connectivity index (χ3v) is 2.08. The zero-order valence-corrected chi connectivity index (χ0v) is 9.17. The fraction of sp³-hybridized carbons (Fsp3) is 0.417. The number of hydrogen-bond donors (Lipinski definition) is 2. The summed E-state index contributed by atoms with van der Waals surface area (Å²) in [7, 11) is 0. The molecule has 0 aliphatic heterocycles. The summed E-state index contributed by atoms with van der Waals surface area (Å²) in [5, 5.41) is 18.0. The molecule has 4 nitrogen and oxygen atoms in total. The van der Waals surface area contributed by atoms with Crippen LogP contribution in [0.25, 0.3) is 0 Å². The van der Waals surface area contributed by atoms with Gasteiger partial charge in [-0.05, 0) is 12.5 Å². The topological polar surface area (TPSA) is 66.8 Å². The minimum absolute atomic E-state index is 0.0315. The van der Waals surface area contributed by atoms with Crippen molar-refractivity contribution in [1.29, 1.82) is 0 Å². The summed E-state index contributed by atoms with van der Waals surface area (Å²) in [6, 6.07) is 9.27. The van der Waals surface area contributed by atoms with Crippen LogP contribution in [-0.2, 0) is 16.0 Å². The first-order valence-electron chi connectivity index (χ1n) is 5.16. The Morgan fingerprint density at radius 3 is 2.50 bits per heavy atom. The summed E-state index contributed by atoms with van der Waals surface area (Å²) in [4.78, 5) is 10.9. The van der Waals surface area contributed by atoms with E-state index in [0.717, 1.165) is 5.56 Å². The Morgan fingerprint density at radius 1 is 1.38 bits per heavy atom. The Morgan fingerprint density at radius 2 is 2.00 bits per heavy atom. The lowest BCUT2D eigenvalue weighted by atomic mass is 10.1. The summed E-state index contributed by atoms with van der Waals surface area (Å²) in [6.07, 6.45) is -1.25. The fourth-order valence-electron chi connectivity index (χ4n) is 1.30. The Hall–Kier alpha value is -1.39. The van der Waals surface area contributed by atoms with Crippen LogP contribution in [-0.4, -0.2) is 35.0 Å². The van der Waals surface area contributed by atoms with Gasteiger partial charge in [-0.2, -0.15) is 0 Å². The Bertz CT molecular complexity index is 321. The number of carboxylic acids is 1. The van der Waals surface area contributed by atoms with Crippen LogP contribution >= 0.6 is 0 Å². The Labute approximate surface area is 94.5 Å². The van der Waals surface area contributed by atoms with E-state index in [1.165, 1.54) is 0 Å². The van der Waals surface area contributed by atoms with Gasteiger partial charge in [0.15, 0.2) is 6.10 Å². The molecule has 0 fully saturated rings. The van der Waals surface area contributed by atoms with Gasteiger partial charge in [-0.3, -0.25) is 0 Å². The van der Waals surface area contributed by atoms with Crippen LogP contribution in [0.5, 0.6) is 0 Å². The van der Waals surface area contributed by atoms with Crippen molar-refractivity contribution in [3.8, 4) is 0 Å². The number of benzene rings is 1. The second kappa shape index (κ2) is 6.25. The van der Waals surface area contributed by atoms with Crippen molar-refractivity contribution in [2.75, 3.05) is 6.61 Å². The van der Waals surface area contributed by atoms with E-state index in [4.69, 9.17) is 14.9 Å². The number of rotatable bonds is 6. The molecule has 4 heteroatoms. The number of aliphatic carboxylic acids is 1. The fourth-order valence-corrected chi connectivity index (χ4v) is 1.30. The van der Waals surface area contributed by atoms with Crippen molar-refractivity contribution >= 4 is 5.97 Å². The molecule has 1 aromatic carbocycles. The van der Waals surface area contributed by atoms with Gasteiger partial charge >= 0.3 is 5.97 Å². The predicted molar refractivity (Wildman–Crippen MR) is 59.2 cm³/mol. The molecule has 0 saturated heterocycles. The highest BCUT2D eigenvalue weighted by Crippen LogP contribution is 2.06. The molecular formula is C12H16O4. The zero-order chi connectivity index (χ0) is 12.0. The maximum atomic E-state index is 10.9.